The highest BCUT2D eigenvalue weighted by Crippen LogP contribution is 2.43. The molecule has 0 saturated carbocycles. The van der Waals surface area contributed by atoms with Gasteiger partial charge in [-0.25, -0.2) is 18.1 Å². The average Bonchev–Trinajstić information content (AvgIpc) is 3.80. The number of nitro benzene ring substituents is 1. The molecule has 5 aromatic rings. The van der Waals surface area contributed by atoms with E-state index in [9.17, 15) is 23.3 Å². The van der Waals surface area contributed by atoms with E-state index in [0.717, 1.165) is 67.6 Å². The Morgan fingerprint density at radius 3 is 2.59 bits per heavy atom. The van der Waals surface area contributed by atoms with Gasteiger partial charge >= 0.3 is 0 Å². The molecule has 0 radical (unpaired) electrons. The number of methoxy groups -OCH3 is 1. The number of carbonyl (C=O) groups is 1. The van der Waals surface area contributed by atoms with Crippen molar-refractivity contribution in [3.8, 4) is 11.5 Å². The summed E-state index contributed by atoms with van der Waals surface area (Å²) in [5, 5.41) is 16.8. The first kappa shape index (κ1) is 48.8. The lowest BCUT2D eigenvalue weighted by Gasteiger charge is -2.39. The molecule has 8 rings (SSSR count). The molecule has 68 heavy (non-hydrogen) atoms. The quantitative estimate of drug-likeness (QED) is 0.0416. The minimum atomic E-state index is -4.61. The third-order valence-electron chi connectivity index (χ3n) is 12.8. The maximum atomic E-state index is 14.0. The number of morpholine rings is 1. The number of allylic oxidation sites excluding steroid dienone is 1. The zero-order chi connectivity index (χ0) is 47.8. The molecule has 2 saturated heterocycles. The van der Waals surface area contributed by atoms with Crippen LogP contribution in [0.15, 0.2) is 95.7 Å². The van der Waals surface area contributed by atoms with Crippen molar-refractivity contribution in [1.82, 2.24) is 24.5 Å². The predicted octanol–water partition coefficient (Wildman–Crippen LogP) is 7.60. The van der Waals surface area contributed by atoms with E-state index >= 15 is 0 Å². The number of amides is 1. The summed E-state index contributed by atoms with van der Waals surface area (Å²) in [6, 6.07) is 20.3. The zero-order valence-corrected chi connectivity index (χ0v) is 40.2. The fraction of sp³-hybridized carbons (Fsp3) is 0.429. The second-order valence-corrected chi connectivity index (χ2v) is 20.3. The molecule has 1 amide bonds. The van der Waals surface area contributed by atoms with Crippen LogP contribution in [-0.2, 0) is 24.2 Å². The summed E-state index contributed by atoms with van der Waals surface area (Å²) >= 11 is 6.25. The number of hydrogen-bond acceptors (Lipinski definition) is 14. The molecule has 0 bridgehead atoms. The molecular formula is C49H59ClN8O9S. The summed E-state index contributed by atoms with van der Waals surface area (Å²) in [5.74, 6) is -0.515. The number of sulfonamides is 1. The third kappa shape index (κ3) is 12.3. The van der Waals surface area contributed by atoms with Gasteiger partial charge in [-0.15, -0.1) is 0 Å². The minimum absolute atomic E-state index is 0.0529. The number of nitro groups is 1. The Balaban J connectivity index is 0.958. The van der Waals surface area contributed by atoms with E-state index in [2.05, 4.69) is 60.7 Å². The maximum Gasteiger partial charge on any atom is 0.293 e. The summed E-state index contributed by atoms with van der Waals surface area (Å²) < 4.78 is 52.6. The van der Waals surface area contributed by atoms with Gasteiger partial charge in [0.25, 0.3) is 21.6 Å². The first-order chi connectivity index (χ1) is 32.7. The Kier molecular flexibility index (Phi) is 15.6. The molecule has 1 aliphatic carbocycles. The molecule has 2 fully saturated rings. The first-order valence-electron chi connectivity index (χ1n) is 22.9. The number of piperazine rings is 1. The maximum absolute atomic E-state index is 14.0. The third-order valence-corrected chi connectivity index (χ3v) is 14.4. The Morgan fingerprint density at radius 2 is 1.81 bits per heavy atom. The number of H-pyrrole nitrogens is 1. The summed E-state index contributed by atoms with van der Waals surface area (Å²) in [6.45, 7) is 12.9. The lowest BCUT2D eigenvalue weighted by molar-refractivity contribution is -0.384. The van der Waals surface area contributed by atoms with Gasteiger partial charge in [0.15, 0.2) is 0 Å². The lowest BCUT2D eigenvalue weighted by atomic mass is 9.72. The number of ether oxygens (including phenoxy) is 4. The van der Waals surface area contributed by atoms with Crippen molar-refractivity contribution in [2.75, 3.05) is 103 Å². The molecule has 3 aliphatic rings. The molecule has 2 aromatic heterocycles. The van der Waals surface area contributed by atoms with Gasteiger partial charge in [-0.2, -0.15) is 0 Å². The van der Waals surface area contributed by atoms with Crippen molar-refractivity contribution in [1.29, 1.82) is 0 Å². The van der Waals surface area contributed by atoms with E-state index < -0.39 is 31.4 Å². The van der Waals surface area contributed by atoms with Crippen molar-refractivity contribution < 1.29 is 37.1 Å². The van der Waals surface area contributed by atoms with E-state index in [0.29, 0.717) is 64.0 Å². The number of aromatic amines is 1. The summed E-state index contributed by atoms with van der Waals surface area (Å²) in [6.07, 6.45) is 6.18. The molecule has 3 N–H and O–H groups in total. The molecular weight excluding hydrogens is 912 g/mol. The smallest absolute Gasteiger partial charge is 0.293 e. The largest absolute Gasteiger partial charge is 0.455 e. The van der Waals surface area contributed by atoms with Gasteiger partial charge in [0.1, 0.15) is 22.8 Å². The van der Waals surface area contributed by atoms with Crippen molar-refractivity contribution in [2.45, 2.75) is 44.1 Å². The molecule has 1 unspecified atom stereocenters. The summed E-state index contributed by atoms with van der Waals surface area (Å²) in [7, 11) is -2.99. The Hall–Kier alpha value is -5.60. The fourth-order valence-corrected chi connectivity index (χ4v) is 10.1. The molecule has 3 aromatic carbocycles. The number of carbonyl (C=O) groups excluding carboxylic acids is 1. The second-order valence-electron chi connectivity index (χ2n) is 18.2. The number of benzene rings is 3. The number of nitrogens with zero attached hydrogens (tertiary/aromatic N) is 5. The number of halogens is 1. The predicted molar refractivity (Wildman–Crippen MR) is 262 cm³/mol. The molecule has 2 aliphatic heterocycles. The molecule has 362 valence electrons. The van der Waals surface area contributed by atoms with Crippen LogP contribution in [0.1, 0.15) is 49.0 Å². The van der Waals surface area contributed by atoms with E-state index in [1.807, 2.05) is 18.2 Å². The molecule has 1 atom stereocenters. The van der Waals surface area contributed by atoms with Crippen LogP contribution in [0.2, 0.25) is 5.02 Å². The molecule has 17 nitrogen and oxygen atoms in total. The lowest BCUT2D eigenvalue weighted by Crippen LogP contribution is -2.47. The van der Waals surface area contributed by atoms with E-state index in [4.69, 9.17) is 30.5 Å². The number of rotatable bonds is 19. The average molecular weight is 972 g/mol. The van der Waals surface area contributed by atoms with Crippen LogP contribution < -0.4 is 19.7 Å². The fourth-order valence-electron chi connectivity index (χ4n) is 8.96. The summed E-state index contributed by atoms with van der Waals surface area (Å²) in [4.78, 5) is 39.6. The molecule has 0 spiro atoms. The number of pyridine rings is 1. The van der Waals surface area contributed by atoms with E-state index in [1.165, 1.54) is 41.1 Å². The normalized spacial score (nSPS) is 18.2. The van der Waals surface area contributed by atoms with Crippen LogP contribution in [-0.4, -0.2) is 138 Å². The van der Waals surface area contributed by atoms with Crippen molar-refractivity contribution >= 4 is 61.2 Å². The monoisotopic (exact) mass is 970 g/mol. The van der Waals surface area contributed by atoms with Crippen LogP contribution in [0.4, 0.5) is 17.1 Å². The van der Waals surface area contributed by atoms with Gasteiger partial charge in [-0.1, -0.05) is 43.2 Å². The van der Waals surface area contributed by atoms with Crippen molar-refractivity contribution in [2.24, 2.45) is 5.41 Å². The highest BCUT2D eigenvalue weighted by Gasteiger charge is 2.31. The first-order valence-corrected chi connectivity index (χ1v) is 24.8. The number of anilines is 2. The SMILES string of the molecule is COCCOCCN1CCOC(CNc2ccc(S(=O)(=O)NC(=O)c3ccc(N4CCN(CC5=C(c6ccc(Cl)cc6)CC(C)(C)CC5)CC4)cc3Oc3cnc4[nH]ccc4c3)cc2[N+](=O)[O-])C1. The van der Waals surface area contributed by atoms with E-state index in [-0.39, 0.29) is 35.1 Å². The van der Waals surface area contributed by atoms with Crippen molar-refractivity contribution in [3.05, 3.63) is 117 Å². The van der Waals surface area contributed by atoms with Crippen LogP contribution in [0.3, 0.4) is 0 Å². The van der Waals surface area contributed by atoms with Gasteiger partial charge < -0.3 is 34.1 Å². The van der Waals surface area contributed by atoms with Crippen LogP contribution in [0.5, 0.6) is 11.5 Å². The number of fused-ring (bicyclic) bond motifs is 1. The van der Waals surface area contributed by atoms with Crippen LogP contribution in [0, 0.1) is 15.5 Å². The topological polar surface area (TPSA) is 194 Å². The summed E-state index contributed by atoms with van der Waals surface area (Å²) in [5.41, 5.74) is 5.35. The Morgan fingerprint density at radius 1 is 1.00 bits per heavy atom. The highest BCUT2D eigenvalue weighted by molar-refractivity contribution is 7.90. The van der Waals surface area contributed by atoms with Crippen LogP contribution >= 0.6 is 11.6 Å². The number of aromatic nitrogens is 2. The van der Waals surface area contributed by atoms with Gasteiger partial charge in [-0.3, -0.25) is 24.7 Å². The number of nitrogens with one attached hydrogen (secondary N) is 3. The van der Waals surface area contributed by atoms with Crippen molar-refractivity contribution in [3.63, 3.8) is 0 Å². The standard InChI is InChI=1S/C49H59ClN8O9S/c1-49(2)14-12-36(43(29-49)34-4-6-37(50)7-5-34)32-55-16-18-57(19-17-55)38-8-10-42(46(27-38)67-39-26-35-13-15-51-47(35)53-30-39)48(59)54-68(62,63)41-9-11-44(45(28-41)58(60)61)52-31-40-33-56(21-23-66-40)20-22-65-25-24-64-3/h4-11,13,15,26-28,30,40,52H,12,14,16-25,29,31-33H2,1-3H3,(H,51,53)(H,54,59). The van der Waals surface area contributed by atoms with Gasteiger partial charge in [0, 0.05) is 100 Å². The van der Waals surface area contributed by atoms with E-state index in [1.54, 1.807) is 31.5 Å². The molecule has 4 heterocycles. The second kappa shape index (κ2) is 21.8. The van der Waals surface area contributed by atoms with Crippen LogP contribution in [0.25, 0.3) is 16.6 Å². The zero-order valence-electron chi connectivity index (χ0n) is 38.7. The van der Waals surface area contributed by atoms with Gasteiger partial charge in [0.05, 0.1) is 54.1 Å². The number of hydrogen-bond donors (Lipinski definition) is 3. The molecule has 19 heteroatoms. The highest BCUT2D eigenvalue weighted by atomic mass is 35.5. The van der Waals surface area contributed by atoms with Gasteiger partial charge in [0.2, 0.25) is 0 Å². The Labute approximate surface area is 401 Å². The van der Waals surface area contributed by atoms with Gasteiger partial charge in [-0.05, 0) is 84.3 Å². The Bertz CT molecular complexity index is 2720. The minimum Gasteiger partial charge on any atom is -0.455 e.